The molecule has 3 rings (SSSR count). The van der Waals surface area contributed by atoms with Crippen LogP contribution in [0.15, 0.2) is 18.3 Å². The van der Waals surface area contributed by atoms with Gasteiger partial charge in [0.05, 0.1) is 42.6 Å². The van der Waals surface area contributed by atoms with Crippen LogP contribution in [0.25, 0.3) is 21.7 Å². The summed E-state index contributed by atoms with van der Waals surface area (Å²) in [6, 6.07) is 3.77. The molecule has 1 atom stereocenters. The SMILES string of the molecule is CCC(C)c1nc(C)sc1-c1nc(N)ncc1-c1cc(OC)c(OC)c(OC)c1. The van der Waals surface area contributed by atoms with E-state index in [1.165, 1.54) is 0 Å². The number of anilines is 1. The molecule has 154 valence electrons. The first-order valence-corrected chi connectivity index (χ1v) is 10.2. The Balaban J connectivity index is 2.27. The van der Waals surface area contributed by atoms with Crippen molar-refractivity contribution in [2.75, 3.05) is 27.1 Å². The molecule has 29 heavy (non-hydrogen) atoms. The summed E-state index contributed by atoms with van der Waals surface area (Å²) in [5, 5.41) is 0.989. The van der Waals surface area contributed by atoms with E-state index in [-0.39, 0.29) is 5.95 Å². The lowest BCUT2D eigenvalue weighted by molar-refractivity contribution is 0.324. The number of aryl methyl sites for hydroxylation is 1. The summed E-state index contributed by atoms with van der Waals surface area (Å²) in [6.45, 7) is 6.32. The van der Waals surface area contributed by atoms with E-state index < -0.39 is 0 Å². The minimum Gasteiger partial charge on any atom is -0.493 e. The highest BCUT2D eigenvalue weighted by atomic mass is 32.1. The maximum absolute atomic E-state index is 5.96. The van der Waals surface area contributed by atoms with Crippen LogP contribution in [-0.2, 0) is 0 Å². The average Bonchev–Trinajstić information content (AvgIpc) is 3.13. The van der Waals surface area contributed by atoms with E-state index in [1.807, 2.05) is 19.1 Å². The molecule has 0 saturated carbocycles. The molecule has 2 heterocycles. The fourth-order valence-corrected chi connectivity index (χ4v) is 4.20. The van der Waals surface area contributed by atoms with Gasteiger partial charge in [-0.25, -0.2) is 15.0 Å². The lowest BCUT2D eigenvalue weighted by Crippen LogP contribution is -2.02. The van der Waals surface area contributed by atoms with Crippen LogP contribution in [0.2, 0.25) is 0 Å². The molecule has 2 aromatic heterocycles. The zero-order valence-corrected chi connectivity index (χ0v) is 18.4. The van der Waals surface area contributed by atoms with Gasteiger partial charge in [-0.1, -0.05) is 13.8 Å². The first-order valence-electron chi connectivity index (χ1n) is 9.34. The summed E-state index contributed by atoms with van der Waals surface area (Å²) in [7, 11) is 4.76. The summed E-state index contributed by atoms with van der Waals surface area (Å²) in [5.74, 6) is 2.18. The molecule has 0 radical (unpaired) electrons. The molecule has 0 aliphatic rings. The predicted octanol–water partition coefficient (Wildman–Crippen LogP) is 4.70. The van der Waals surface area contributed by atoms with Gasteiger partial charge >= 0.3 is 0 Å². The quantitative estimate of drug-likeness (QED) is 0.599. The van der Waals surface area contributed by atoms with E-state index >= 15 is 0 Å². The maximum Gasteiger partial charge on any atom is 0.220 e. The molecule has 0 amide bonds. The number of hydrogen-bond donors (Lipinski definition) is 1. The van der Waals surface area contributed by atoms with Gasteiger partial charge in [0.15, 0.2) is 11.5 Å². The second kappa shape index (κ2) is 8.65. The maximum atomic E-state index is 5.96. The lowest BCUT2D eigenvalue weighted by atomic mass is 9.98. The number of nitrogen functional groups attached to an aromatic ring is 1. The van der Waals surface area contributed by atoms with Crippen LogP contribution in [0.1, 0.15) is 36.9 Å². The minimum absolute atomic E-state index is 0.220. The molecule has 2 N–H and O–H groups in total. The van der Waals surface area contributed by atoms with Crippen LogP contribution < -0.4 is 19.9 Å². The molecule has 3 aromatic rings. The third kappa shape index (κ3) is 3.98. The lowest BCUT2D eigenvalue weighted by Gasteiger charge is -2.16. The first kappa shape index (κ1) is 20.9. The van der Waals surface area contributed by atoms with Gasteiger partial charge in [-0.05, 0) is 37.0 Å². The van der Waals surface area contributed by atoms with Crippen molar-refractivity contribution in [2.24, 2.45) is 0 Å². The Bertz CT molecular complexity index is 994. The molecule has 0 aliphatic carbocycles. The molecule has 7 nitrogen and oxygen atoms in total. The van der Waals surface area contributed by atoms with Crippen molar-refractivity contribution in [1.82, 2.24) is 15.0 Å². The topological polar surface area (TPSA) is 92.4 Å². The van der Waals surface area contributed by atoms with E-state index in [2.05, 4.69) is 23.8 Å². The Labute approximate surface area is 174 Å². The van der Waals surface area contributed by atoms with Gasteiger partial charge in [0.1, 0.15) is 0 Å². The van der Waals surface area contributed by atoms with Gasteiger partial charge in [0.25, 0.3) is 0 Å². The molecule has 8 heteroatoms. The summed E-state index contributed by atoms with van der Waals surface area (Å²) in [4.78, 5) is 14.6. The number of nitrogens with two attached hydrogens (primary N) is 1. The normalized spacial score (nSPS) is 11.9. The van der Waals surface area contributed by atoms with Crippen LogP contribution in [-0.4, -0.2) is 36.3 Å². The van der Waals surface area contributed by atoms with Gasteiger partial charge < -0.3 is 19.9 Å². The summed E-state index contributed by atoms with van der Waals surface area (Å²) in [5.41, 5.74) is 9.41. The molecule has 0 bridgehead atoms. The van der Waals surface area contributed by atoms with E-state index in [9.17, 15) is 0 Å². The fourth-order valence-electron chi connectivity index (χ4n) is 3.16. The molecule has 0 fully saturated rings. The predicted molar refractivity (Wildman–Crippen MR) is 116 cm³/mol. The van der Waals surface area contributed by atoms with E-state index in [0.29, 0.717) is 23.2 Å². The Morgan fingerprint density at radius 3 is 2.28 bits per heavy atom. The molecule has 1 unspecified atom stereocenters. The van der Waals surface area contributed by atoms with E-state index in [1.54, 1.807) is 38.9 Å². The van der Waals surface area contributed by atoms with Crippen LogP contribution in [0.3, 0.4) is 0 Å². The van der Waals surface area contributed by atoms with Crippen molar-refractivity contribution < 1.29 is 14.2 Å². The Morgan fingerprint density at radius 1 is 1.07 bits per heavy atom. The molecule has 0 saturated heterocycles. The molecular formula is C21H26N4O3S. The highest BCUT2D eigenvalue weighted by molar-refractivity contribution is 7.15. The Morgan fingerprint density at radius 2 is 1.72 bits per heavy atom. The highest BCUT2D eigenvalue weighted by Gasteiger charge is 2.23. The van der Waals surface area contributed by atoms with Crippen molar-refractivity contribution in [2.45, 2.75) is 33.1 Å². The van der Waals surface area contributed by atoms with Gasteiger partial charge in [-0.2, -0.15) is 0 Å². The van der Waals surface area contributed by atoms with Crippen LogP contribution in [0.4, 0.5) is 5.95 Å². The number of methoxy groups -OCH3 is 3. The number of ether oxygens (including phenoxy) is 3. The smallest absolute Gasteiger partial charge is 0.220 e. The van der Waals surface area contributed by atoms with Gasteiger partial charge in [-0.3, -0.25) is 0 Å². The van der Waals surface area contributed by atoms with Crippen LogP contribution in [0.5, 0.6) is 17.2 Å². The van der Waals surface area contributed by atoms with E-state index in [4.69, 9.17) is 24.9 Å². The van der Waals surface area contributed by atoms with Crippen molar-refractivity contribution in [3.63, 3.8) is 0 Å². The Kier molecular flexibility index (Phi) is 6.22. The van der Waals surface area contributed by atoms with Crippen molar-refractivity contribution in [3.05, 3.63) is 29.0 Å². The van der Waals surface area contributed by atoms with Crippen molar-refractivity contribution in [1.29, 1.82) is 0 Å². The molecule has 1 aromatic carbocycles. The number of rotatable bonds is 7. The molecular weight excluding hydrogens is 388 g/mol. The summed E-state index contributed by atoms with van der Waals surface area (Å²) >= 11 is 1.61. The summed E-state index contributed by atoms with van der Waals surface area (Å²) in [6.07, 6.45) is 2.71. The minimum atomic E-state index is 0.220. The largest absolute Gasteiger partial charge is 0.493 e. The van der Waals surface area contributed by atoms with Gasteiger partial charge in [0, 0.05) is 11.8 Å². The number of thiazole rings is 1. The summed E-state index contributed by atoms with van der Waals surface area (Å²) < 4.78 is 16.5. The second-order valence-electron chi connectivity index (χ2n) is 6.66. The highest BCUT2D eigenvalue weighted by Crippen LogP contribution is 2.44. The number of benzene rings is 1. The second-order valence-corrected chi connectivity index (χ2v) is 7.86. The fraction of sp³-hybridized carbons (Fsp3) is 0.381. The zero-order chi connectivity index (χ0) is 21.1. The van der Waals surface area contributed by atoms with Crippen molar-refractivity contribution in [3.8, 4) is 38.9 Å². The third-order valence-electron chi connectivity index (χ3n) is 4.84. The van der Waals surface area contributed by atoms with Crippen molar-refractivity contribution >= 4 is 17.3 Å². The monoisotopic (exact) mass is 414 g/mol. The number of hydrogen-bond acceptors (Lipinski definition) is 8. The Hall–Kier alpha value is -2.87. The van der Waals surface area contributed by atoms with Crippen LogP contribution in [0, 0.1) is 6.92 Å². The van der Waals surface area contributed by atoms with E-state index in [0.717, 1.165) is 38.8 Å². The van der Waals surface area contributed by atoms with Crippen LogP contribution >= 0.6 is 11.3 Å². The average molecular weight is 415 g/mol. The van der Waals surface area contributed by atoms with Gasteiger partial charge in [-0.15, -0.1) is 11.3 Å². The third-order valence-corrected chi connectivity index (χ3v) is 5.83. The van der Waals surface area contributed by atoms with Gasteiger partial charge in [0.2, 0.25) is 11.7 Å². The number of nitrogens with zero attached hydrogens (tertiary/aromatic N) is 3. The molecule has 0 aliphatic heterocycles. The zero-order valence-electron chi connectivity index (χ0n) is 17.6. The standard InChI is InChI=1S/C21H26N4O3S/c1-7-11(2)17-20(29-12(3)24-17)18-14(10-23-21(22)25-18)13-8-15(26-4)19(28-6)16(9-13)27-5/h8-11H,7H2,1-6H3,(H2,22,23,25). The first-order chi connectivity index (χ1) is 13.9. The number of aromatic nitrogens is 3. The molecule has 0 spiro atoms.